The molecule has 140 valence electrons. The smallest absolute Gasteiger partial charge is 0.260 e. The summed E-state index contributed by atoms with van der Waals surface area (Å²) in [7, 11) is 0. The topological polar surface area (TPSA) is 35.6 Å². The second-order valence-corrected chi connectivity index (χ2v) is 8.05. The van der Waals surface area contributed by atoms with Crippen molar-refractivity contribution in [3.8, 4) is 11.8 Å². The fourth-order valence-electron chi connectivity index (χ4n) is 4.27. The van der Waals surface area contributed by atoms with Gasteiger partial charge in [0.25, 0.3) is 5.92 Å². The van der Waals surface area contributed by atoms with Crippen LogP contribution in [-0.2, 0) is 4.79 Å². The van der Waals surface area contributed by atoms with Crippen LogP contribution in [0.4, 0.5) is 8.78 Å². The Labute approximate surface area is 149 Å². The van der Waals surface area contributed by atoms with Gasteiger partial charge in [-0.15, -0.1) is 11.8 Å². The van der Waals surface area contributed by atoms with Crippen LogP contribution in [0.2, 0.25) is 0 Å². The minimum Gasteiger partial charge on any atom is -0.341 e. The van der Waals surface area contributed by atoms with E-state index in [-0.39, 0.29) is 30.8 Å². The fraction of sp³-hybridized carbons (Fsp3) is 0.842. The van der Waals surface area contributed by atoms with Gasteiger partial charge in [-0.1, -0.05) is 0 Å². The summed E-state index contributed by atoms with van der Waals surface area (Å²) in [6.45, 7) is 8.14. The van der Waals surface area contributed by atoms with Crippen LogP contribution in [0.5, 0.6) is 0 Å². The highest BCUT2D eigenvalue weighted by Gasteiger charge is 2.52. The van der Waals surface area contributed by atoms with Crippen LogP contribution in [-0.4, -0.2) is 66.9 Å². The quantitative estimate of drug-likeness (QED) is 0.771. The summed E-state index contributed by atoms with van der Waals surface area (Å²) in [5.74, 6) is 3.16. The summed E-state index contributed by atoms with van der Waals surface area (Å²) < 4.78 is 26.9. The molecule has 6 heteroatoms. The minimum atomic E-state index is -2.53. The maximum Gasteiger partial charge on any atom is 0.260 e. The number of amides is 1. The Bertz CT molecular complexity index is 545. The second-order valence-electron chi connectivity index (χ2n) is 8.05. The van der Waals surface area contributed by atoms with Gasteiger partial charge in [0, 0.05) is 50.0 Å². The number of nitrogens with one attached hydrogen (secondary N) is 1. The number of halogens is 2. The van der Waals surface area contributed by atoms with Gasteiger partial charge in [-0.2, -0.15) is 0 Å². The third-order valence-electron chi connectivity index (χ3n) is 6.02. The van der Waals surface area contributed by atoms with Crippen LogP contribution in [0.25, 0.3) is 0 Å². The molecule has 4 rings (SSSR count). The van der Waals surface area contributed by atoms with E-state index in [9.17, 15) is 13.6 Å². The number of hydrogen-bond acceptors (Lipinski definition) is 3. The van der Waals surface area contributed by atoms with E-state index in [1.54, 1.807) is 0 Å². The van der Waals surface area contributed by atoms with E-state index in [0.29, 0.717) is 11.8 Å². The molecule has 0 aromatic carbocycles. The number of piperidine rings is 1. The van der Waals surface area contributed by atoms with E-state index >= 15 is 0 Å². The molecule has 1 N–H and O–H groups in total. The Morgan fingerprint density at radius 1 is 1.12 bits per heavy atom. The Morgan fingerprint density at radius 3 is 2.24 bits per heavy atom. The summed E-state index contributed by atoms with van der Waals surface area (Å²) in [5, 5.41) is 3.26. The van der Waals surface area contributed by atoms with E-state index in [0.717, 1.165) is 45.6 Å². The zero-order chi connectivity index (χ0) is 18.1. The molecule has 0 aromatic rings. The molecule has 1 amide bonds. The van der Waals surface area contributed by atoms with Gasteiger partial charge in [-0.25, -0.2) is 8.78 Å². The summed E-state index contributed by atoms with van der Waals surface area (Å²) >= 11 is 0. The molecule has 0 atom stereocenters. The second kappa shape index (κ2) is 7.20. The summed E-state index contributed by atoms with van der Waals surface area (Å²) in [6.07, 6.45) is 2.14. The van der Waals surface area contributed by atoms with E-state index < -0.39 is 5.92 Å². The first-order chi connectivity index (χ1) is 11.9. The first-order valence-electron chi connectivity index (χ1n) is 9.33. The maximum atomic E-state index is 13.4. The van der Waals surface area contributed by atoms with Crippen molar-refractivity contribution in [1.29, 1.82) is 0 Å². The van der Waals surface area contributed by atoms with Crippen LogP contribution >= 0.6 is 0 Å². The van der Waals surface area contributed by atoms with Crippen molar-refractivity contribution in [2.45, 2.75) is 51.5 Å². The molecule has 4 fully saturated rings. The van der Waals surface area contributed by atoms with Crippen LogP contribution in [0.3, 0.4) is 0 Å². The fourth-order valence-corrected chi connectivity index (χ4v) is 4.27. The highest BCUT2D eigenvalue weighted by molar-refractivity contribution is 5.81. The highest BCUT2D eigenvalue weighted by atomic mass is 19.3. The lowest BCUT2D eigenvalue weighted by molar-refractivity contribution is -0.158. The largest absolute Gasteiger partial charge is 0.341 e. The number of rotatable bonds is 2. The average molecular weight is 353 g/mol. The molecule has 1 aliphatic carbocycles. The summed E-state index contributed by atoms with van der Waals surface area (Å²) in [5.41, 5.74) is 0.369. The van der Waals surface area contributed by atoms with E-state index in [4.69, 9.17) is 0 Å². The number of hydrogen-bond donors (Lipinski definition) is 1. The molecule has 0 radical (unpaired) electrons. The maximum absolute atomic E-state index is 13.4. The van der Waals surface area contributed by atoms with Crippen molar-refractivity contribution in [3.05, 3.63) is 0 Å². The van der Waals surface area contributed by atoms with Crippen LogP contribution in [0, 0.1) is 23.2 Å². The summed E-state index contributed by atoms with van der Waals surface area (Å²) in [4.78, 5) is 16.2. The first kappa shape index (κ1) is 18.6. The molecule has 25 heavy (non-hydrogen) atoms. The average Bonchev–Trinajstić information content (AvgIpc) is 2.42. The standard InChI is InChI=1S/C15H23F2N3O.C4H6/c16-15(17)2-1-3-19(10-15)12-4-11(5-12)13(21)20-8-14(9-20)6-18-7-14;1-3-4-2/h11-12,18H,1-10H2;1-2H3. The number of nitrogens with zero attached hydrogens (tertiary/aromatic N) is 2. The van der Waals surface area contributed by atoms with Crippen LogP contribution in [0.1, 0.15) is 39.5 Å². The van der Waals surface area contributed by atoms with Crippen molar-refractivity contribution in [2.24, 2.45) is 11.3 Å². The van der Waals surface area contributed by atoms with Crippen LogP contribution < -0.4 is 5.32 Å². The molecule has 3 saturated heterocycles. The molecule has 0 aromatic heterocycles. The molecule has 3 aliphatic heterocycles. The van der Waals surface area contributed by atoms with Crippen molar-refractivity contribution >= 4 is 5.91 Å². The summed E-state index contributed by atoms with van der Waals surface area (Å²) in [6, 6.07) is 0.200. The lowest BCUT2D eigenvalue weighted by Crippen LogP contribution is -2.73. The molecule has 4 nitrogen and oxygen atoms in total. The Balaban J connectivity index is 0.000000415. The van der Waals surface area contributed by atoms with Gasteiger partial charge >= 0.3 is 0 Å². The molecule has 4 aliphatic rings. The normalized spacial score (nSPS) is 32.1. The lowest BCUT2D eigenvalue weighted by Gasteiger charge is -2.57. The van der Waals surface area contributed by atoms with E-state index in [1.807, 2.05) is 23.6 Å². The molecule has 0 bridgehead atoms. The molecular formula is C19H29F2N3O. The van der Waals surface area contributed by atoms with Gasteiger partial charge < -0.3 is 10.2 Å². The predicted molar refractivity (Wildman–Crippen MR) is 93.3 cm³/mol. The third kappa shape index (κ3) is 3.98. The molecular weight excluding hydrogens is 324 g/mol. The zero-order valence-corrected chi connectivity index (χ0v) is 15.3. The number of carbonyl (C=O) groups excluding carboxylic acids is 1. The van der Waals surface area contributed by atoms with Gasteiger partial charge in [0.05, 0.1) is 6.54 Å². The van der Waals surface area contributed by atoms with Crippen LogP contribution in [0.15, 0.2) is 0 Å². The van der Waals surface area contributed by atoms with Crippen molar-refractivity contribution in [3.63, 3.8) is 0 Å². The minimum absolute atomic E-state index is 0.0163. The molecule has 0 unspecified atom stereocenters. The number of alkyl halides is 2. The number of likely N-dealkylation sites (tertiary alicyclic amines) is 2. The monoisotopic (exact) mass is 353 g/mol. The van der Waals surface area contributed by atoms with Gasteiger partial charge in [0.2, 0.25) is 5.91 Å². The SMILES string of the molecule is CC#CC.O=C(C1CC(N2CCCC(F)(F)C2)C1)N1CC2(CNC2)C1. The molecule has 1 saturated carbocycles. The highest BCUT2D eigenvalue weighted by Crippen LogP contribution is 2.41. The van der Waals surface area contributed by atoms with E-state index in [2.05, 4.69) is 17.2 Å². The zero-order valence-electron chi connectivity index (χ0n) is 15.3. The van der Waals surface area contributed by atoms with Crippen molar-refractivity contribution in [1.82, 2.24) is 15.1 Å². The van der Waals surface area contributed by atoms with Crippen molar-refractivity contribution < 1.29 is 13.6 Å². The van der Waals surface area contributed by atoms with Gasteiger partial charge in [0.15, 0.2) is 0 Å². The Morgan fingerprint density at radius 2 is 1.76 bits per heavy atom. The van der Waals surface area contributed by atoms with Gasteiger partial charge in [0.1, 0.15) is 0 Å². The molecule has 1 spiro atoms. The first-order valence-corrected chi connectivity index (χ1v) is 9.33. The predicted octanol–water partition coefficient (Wildman–Crippen LogP) is 1.96. The molecule has 3 heterocycles. The number of carbonyl (C=O) groups is 1. The van der Waals surface area contributed by atoms with Gasteiger partial charge in [-0.05, 0) is 39.7 Å². The third-order valence-corrected chi connectivity index (χ3v) is 6.02. The van der Waals surface area contributed by atoms with Gasteiger partial charge in [-0.3, -0.25) is 9.69 Å². The van der Waals surface area contributed by atoms with E-state index in [1.165, 1.54) is 0 Å². The Kier molecular flexibility index (Phi) is 5.36. The van der Waals surface area contributed by atoms with Crippen molar-refractivity contribution in [2.75, 3.05) is 39.3 Å². The Hall–Kier alpha value is -1.19. The lowest BCUT2D eigenvalue weighted by atomic mass is 9.71.